The van der Waals surface area contributed by atoms with Gasteiger partial charge in [-0.2, -0.15) is 0 Å². The molecule has 3 aromatic rings. The van der Waals surface area contributed by atoms with Crippen LogP contribution in [0.5, 0.6) is 0 Å². The zero-order valence-electron chi connectivity index (χ0n) is 19.1. The Balaban J connectivity index is 1.70. The van der Waals surface area contributed by atoms with Crippen molar-refractivity contribution in [1.82, 2.24) is 19.7 Å². The lowest BCUT2D eigenvalue weighted by Gasteiger charge is -2.30. The van der Waals surface area contributed by atoms with E-state index in [1.807, 2.05) is 109 Å². The van der Waals surface area contributed by atoms with Crippen molar-refractivity contribution >= 4 is 11.9 Å². The van der Waals surface area contributed by atoms with Gasteiger partial charge in [0.2, 0.25) is 5.91 Å². The molecule has 1 N–H and O–H groups in total. The van der Waals surface area contributed by atoms with Crippen molar-refractivity contribution in [2.45, 2.75) is 39.5 Å². The number of amides is 3. The first-order valence-corrected chi connectivity index (χ1v) is 10.9. The fourth-order valence-electron chi connectivity index (χ4n) is 3.50. The molecule has 6 nitrogen and oxygen atoms in total. The van der Waals surface area contributed by atoms with Gasteiger partial charge < -0.3 is 19.7 Å². The molecule has 0 saturated carbocycles. The first-order valence-electron chi connectivity index (χ1n) is 10.9. The molecular weight excluding hydrogens is 400 g/mol. The van der Waals surface area contributed by atoms with Crippen molar-refractivity contribution in [3.8, 4) is 0 Å². The second-order valence-electron chi connectivity index (χ2n) is 8.21. The summed E-state index contributed by atoms with van der Waals surface area (Å²) < 4.78 is 2.01. The molecule has 3 rings (SSSR count). The largest absolute Gasteiger partial charge is 0.353 e. The highest BCUT2D eigenvalue weighted by Gasteiger charge is 2.24. The van der Waals surface area contributed by atoms with E-state index in [1.54, 1.807) is 4.90 Å². The molecule has 168 valence electrons. The molecule has 0 atom stereocenters. The molecule has 0 aliphatic heterocycles. The molecule has 32 heavy (non-hydrogen) atoms. The fraction of sp³-hybridized carbons (Fsp3) is 0.308. The molecule has 6 heteroatoms. The number of hydrogen-bond donors (Lipinski definition) is 1. The summed E-state index contributed by atoms with van der Waals surface area (Å²) in [4.78, 5) is 29.7. The Bertz CT molecular complexity index is 999. The summed E-state index contributed by atoms with van der Waals surface area (Å²) in [5.41, 5.74) is 3.11. The third-order valence-electron chi connectivity index (χ3n) is 5.45. The van der Waals surface area contributed by atoms with Crippen LogP contribution in [0.1, 0.15) is 30.7 Å². The highest BCUT2D eigenvalue weighted by Crippen LogP contribution is 2.12. The van der Waals surface area contributed by atoms with E-state index in [0.717, 1.165) is 16.8 Å². The van der Waals surface area contributed by atoms with Crippen LogP contribution in [0.2, 0.25) is 0 Å². The second kappa shape index (κ2) is 11.2. The summed E-state index contributed by atoms with van der Waals surface area (Å²) >= 11 is 0. The summed E-state index contributed by atoms with van der Waals surface area (Å²) in [5.74, 6) is -0.0846. The number of aromatic nitrogens is 1. The maximum Gasteiger partial charge on any atom is 0.318 e. The van der Waals surface area contributed by atoms with E-state index < -0.39 is 0 Å². The van der Waals surface area contributed by atoms with Crippen molar-refractivity contribution < 1.29 is 9.59 Å². The minimum atomic E-state index is -0.240. The quantitative estimate of drug-likeness (QED) is 0.552. The van der Waals surface area contributed by atoms with Gasteiger partial charge in [0.25, 0.3) is 0 Å². The van der Waals surface area contributed by atoms with Crippen molar-refractivity contribution in [2.24, 2.45) is 7.05 Å². The van der Waals surface area contributed by atoms with Crippen molar-refractivity contribution in [2.75, 3.05) is 6.54 Å². The van der Waals surface area contributed by atoms with Gasteiger partial charge in [0, 0.05) is 38.1 Å². The average Bonchev–Trinajstić information content (AvgIpc) is 3.20. The minimum absolute atomic E-state index is 0.0234. The van der Waals surface area contributed by atoms with Crippen molar-refractivity contribution in [1.29, 1.82) is 0 Å². The number of rotatable bonds is 9. The summed E-state index contributed by atoms with van der Waals surface area (Å²) in [6.07, 6.45) is 1.97. The predicted octanol–water partition coefficient (Wildman–Crippen LogP) is 4.17. The maximum atomic E-state index is 13.4. The van der Waals surface area contributed by atoms with Gasteiger partial charge in [-0.05, 0) is 37.1 Å². The normalized spacial score (nSPS) is 10.8. The Morgan fingerprint density at radius 1 is 0.875 bits per heavy atom. The molecule has 3 amide bonds. The second-order valence-corrected chi connectivity index (χ2v) is 8.21. The van der Waals surface area contributed by atoms with E-state index in [-0.39, 0.29) is 24.5 Å². The Morgan fingerprint density at radius 3 is 2.06 bits per heavy atom. The molecule has 1 aromatic heterocycles. The van der Waals surface area contributed by atoms with Crippen LogP contribution in [0.3, 0.4) is 0 Å². The standard InChI is InChI=1S/C26H32N4O2/c1-21(2)30(26(32)27-17-22-11-6-4-7-12-22)20-25(31)29(18-23-13-8-5-9-14-23)19-24-15-10-16-28(24)3/h4-16,21H,17-20H2,1-3H3,(H,27,32). The van der Waals surface area contributed by atoms with Crippen molar-refractivity contribution in [3.63, 3.8) is 0 Å². The Morgan fingerprint density at radius 2 is 1.50 bits per heavy atom. The maximum absolute atomic E-state index is 13.4. The third kappa shape index (κ3) is 6.48. The lowest BCUT2D eigenvalue weighted by atomic mass is 10.2. The molecule has 0 aliphatic rings. The van der Waals surface area contributed by atoms with Crippen LogP contribution in [0.25, 0.3) is 0 Å². The van der Waals surface area contributed by atoms with Gasteiger partial charge in [-0.15, -0.1) is 0 Å². The number of urea groups is 1. The Kier molecular flexibility index (Phi) is 8.08. The van der Waals surface area contributed by atoms with Gasteiger partial charge in [0.05, 0.1) is 6.54 Å². The van der Waals surface area contributed by atoms with E-state index in [9.17, 15) is 9.59 Å². The molecule has 0 fully saturated rings. The van der Waals surface area contributed by atoms with Crippen LogP contribution in [0.15, 0.2) is 79.0 Å². The monoisotopic (exact) mass is 432 g/mol. The lowest BCUT2D eigenvalue weighted by Crippen LogP contribution is -2.49. The molecule has 0 aliphatic carbocycles. The molecule has 0 bridgehead atoms. The fourth-order valence-corrected chi connectivity index (χ4v) is 3.50. The first-order chi connectivity index (χ1) is 15.4. The molecule has 0 spiro atoms. The van der Waals surface area contributed by atoms with E-state index in [4.69, 9.17) is 0 Å². The summed E-state index contributed by atoms with van der Waals surface area (Å²) in [6, 6.07) is 23.3. The summed E-state index contributed by atoms with van der Waals surface area (Å²) in [5, 5.41) is 2.94. The van der Waals surface area contributed by atoms with E-state index in [1.165, 1.54) is 0 Å². The molecule has 0 unspecified atom stereocenters. The SMILES string of the molecule is CC(C)N(CC(=O)N(Cc1ccccc1)Cc1cccn1C)C(=O)NCc1ccccc1. The first kappa shape index (κ1) is 23.1. The third-order valence-corrected chi connectivity index (χ3v) is 5.45. The number of hydrogen-bond acceptors (Lipinski definition) is 2. The number of carbonyl (C=O) groups is 2. The van der Waals surface area contributed by atoms with Gasteiger partial charge in [-0.3, -0.25) is 4.79 Å². The highest BCUT2D eigenvalue weighted by molar-refractivity contribution is 5.84. The van der Waals surface area contributed by atoms with Crippen LogP contribution in [0, 0.1) is 0 Å². The smallest absolute Gasteiger partial charge is 0.318 e. The van der Waals surface area contributed by atoms with Gasteiger partial charge in [-0.1, -0.05) is 60.7 Å². The minimum Gasteiger partial charge on any atom is -0.353 e. The van der Waals surface area contributed by atoms with Crippen LogP contribution in [-0.4, -0.2) is 38.9 Å². The topological polar surface area (TPSA) is 57.6 Å². The highest BCUT2D eigenvalue weighted by atomic mass is 16.2. The van der Waals surface area contributed by atoms with Crippen LogP contribution < -0.4 is 5.32 Å². The molecular formula is C26H32N4O2. The van der Waals surface area contributed by atoms with E-state index in [2.05, 4.69) is 5.32 Å². The van der Waals surface area contributed by atoms with E-state index >= 15 is 0 Å². The Hall–Kier alpha value is -3.54. The summed E-state index contributed by atoms with van der Waals surface area (Å²) in [6.45, 7) is 5.27. The van der Waals surface area contributed by atoms with Gasteiger partial charge in [0.1, 0.15) is 6.54 Å². The zero-order chi connectivity index (χ0) is 22.9. The van der Waals surface area contributed by atoms with Gasteiger partial charge >= 0.3 is 6.03 Å². The molecule has 0 saturated heterocycles. The van der Waals surface area contributed by atoms with Crippen LogP contribution in [-0.2, 0) is 31.5 Å². The predicted molar refractivity (Wildman–Crippen MR) is 127 cm³/mol. The molecule has 1 heterocycles. The number of nitrogens with one attached hydrogen (secondary N) is 1. The Labute approximate surface area is 190 Å². The van der Waals surface area contributed by atoms with Crippen molar-refractivity contribution in [3.05, 3.63) is 95.8 Å². The van der Waals surface area contributed by atoms with E-state index in [0.29, 0.717) is 19.6 Å². The zero-order valence-corrected chi connectivity index (χ0v) is 19.1. The number of benzene rings is 2. The number of aryl methyl sites for hydroxylation is 1. The molecule has 0 radical (unpaired) electrons. The van der Waals surface area contributed by atoms with Gasteiger partial charge in [-0.25, -0.2) is 4.79 Å². The van der Waals surface area contributed by atoms with Crippen LogP contribution >= 0.6 is 0 Å². The summed E-state index contributed by atoms with van der Waals surface area (Å²) in [7, 11) is 1.97. The average molecular weight is 433 g/mol. The van der Waals surface area contributed by atoms with Gasteiger partial charge in [0.15, 0.2) is 0 Å². The number of nitrogens with zero attached hydrogens (tertiary/aromatic N) is 3. The molecule has 2 aromatic carbocycles. The number of carbonyl (C=O) groups excluding carboxylic acids is 2. The lowest BCUT2D eigenvalue weighted by molar-refractivity contribution is -0.133. The van der Waals surface area contributed by atoms with Crippen LogP contribution in [0.4, 0.5) is 4.79 Å².